The number of carbonyl (C=O) groups is 1. The number of nitrogens with zero attached hydrogens (tertiary/aromatic N) is 1. The molecule has 0 spiro atoms. The Bertz CT molecular complexity index is 707. The molecule has 1 aliphatic rings. The zero-order valence-electron chi connectivity index (χ0n) is 14.1. The maximum atomic E-state index is 13.9. The van der Waals surface area contributed by atoms with Crippen molar-refractivity contribution in [1.82, 2.24) is 10.6 Å². The second-order valence-electron chi connectivity index (χ2n) is 6.17. The predicted molar refractivity (Wildman–Crippen MR) is 92.0 cm³/mol. The molecule has 0 heterocycles. The summed E-state index contributed by atoms with van der Waals surface area (Å²) in [5.74, 6) is -1.77. The molecule has 2 amide bonds. The molecule has 0 saturated heterocycles. The fourth-order valence-corrected chi connectivity index (χ4v) is 3.83. The molecule has 25 heavy (non-hydrogen) atoms. The Kier molecular flexibility index (Phi) is 6.57. The van der Waals surface area contributed by atoms with Crippen molar-refractivity contribution in [2.75, 3.05) is 23.7 Å². The van der Waals surface area contributed by atoms with E-state index in [-0.39, 0.29) is 30.8 Å². The van der Waals surface area contributed by atoms with Crippen LogP contribution in [0.3, 0.4) is 0 Å². The number of carbonyl (C=O) groups excluding carboxylic acids is 1. The maximum Gasteiger partial charge on any atom is 0.315 e. The Labute approximate surface area is 146 Å². The van der Waals surface area contributed by atoms with Crippen LogP contribution in [-0.4, -0.2) is 39.8 Å². The lowest BCUT2D eigenvalue weighted by atomic mass is 9.96. The third-order valence-corrected chi connectivity index (χ3v) is 5.30. The Balaban J connectivity index is 1.93. The number of anilines is 1. The molecule has 0 atom stereocenters. The van der Waals surface area contributed by atoms with Gasteiger partial charge in [-0.2, -0.15) is 0 Å². The molecular weight excluding hydrogens is 352 g/mol. The highest BCUT2D eigenvalue weighted by atomic mass is 32.2. The Morgan fingerprint density at radius 2 is 1.92 bits per heavy atom. The summed E-state index contributed by atoms with van der Waals surface area (Å²) in [4.78, 5) is 11.9. The largest absolute Gasteiger partial charge is 0.336 e. The van der Waals surface area contributed by atoms with Crippen LogP contribution in [0.4, 0.5) is 19.3 Å². The van der Waals surface area contributed by atoms with Gasteiger partial charge in [0.1, 0.15) is 11.6 Å². The summed E-state index contributed by atoms with van der Waals surface area (Å²) in [7, 11) is -3.78. The molecule has 2 N–H and O–H groups in total. The maximum absolute atomic E-state index is 13.9. The first-order valence-corrected chi connectivity index (χ1v) is 10.1. The van der Waals surface area contributed by atoms with E-state index in [9.17, 15) is 22.0 Å². The lowest BCUT2D eigenvalue weighted by molar-refractivity contribution is 0.233. The van der Waals surface area contributed by atoms with Crippen LogP contribution in [0.15, 0.2) is 18.2 Å². The van der Waals surface area contributed by atoms with Gasteiger partial charge in [0.2, 0.25) is 10.0 Å². The van der Waals surface area contributed by atoms with Crippen molar-refractivity contribution >= 4 is 21.7 Å². The van der Waals surface area contributed by atoms with Gasteiger partial charge in [-0.15, -0.1) is 0 Å². The van der Waals surface area contributed by atoms with Gasteiger partial charge in [0.15, 0.2) is 0 Å². The van der Waals surface area contributed by atoms with E-state index >= 15 is 0 Å². The molecule has 0 aliphatic heterocycles. The lowest BCUT2D eigenvalue weighted by Crippen LogP contribution is -2.46. The third-order valence-electron chi connectivity index (χ3n) is 4.12. The second kappa shape index (κ2) is 8.46. The van der Waals surface area contributed by atoms with Crippen molar-refractivity contribution in [2.24, 2.45) is 0 Å². The highest BCUT2D eigenvalue weighted by Gasteiger charge is 2.21. The summed E-state index contributed by atoms with van der Waals surface area (Å²) in [6.45, 7) is -0.151. The molecule has 1 aromatic carbocycles. The van der Waals surface area contributed by atoms with E-state index in [0.29, 0.717) is 6.07 Å². The first-order valence-electron chi connectivity index (χ1n) is 8.24. The summed E-state index contributed by atoms with van der Waals surface area (Å²) < 4.78 is 51.5. The van der Waals surface area contributed by atoms with Crippen molar-refractivity contribution in [3.8, 4) is 0 Å². The van der Waals surface area contributed by atoms with Gasteiger partial charge in [0, 0.05) is 18.7 Å². The number of benzene rings is 1. The minimum Gasteiger partial charge on any atom is -0.336 e. The molecule has 140 valence electrons. The van der Waals surface area contributed by atoms with Gasteiger partial charge in [-0.25, -0.2) is 22.0 Å². The Morgan fingerprint density at radius 1 is 1.24 bits per heavy atom. The van der Waals surface area contributed by atoms with Gasteiger partial charge in [-0.05, 0) is 25.0 Å². The first-order chi connectivity index (χ1) is 11.8. The van der Waals surface area contributed by atoms with Gasteiger partial charge in [0.05, 0.1) is 18.5 Å². The van der Waals surface area contributed by atoms with Crippen LogP contribution in [0.25, 0.3) is 0 Å². The quantitative estimate of drug-likeness (QED) is 0.801. The molecule has 1 aliphatic carbocycles. The minimum atomic E-state index is -3.78. The minimum absolute atomic E-state index is 0.00242. The Morgan fingerprint density at radius 3 is 2.52 bits per heavy atom. The molecular formula is C16H23F2N3O3S. The highest BCUT2D eigenvalue weighted by molar-refractivity contribution is 7.92. The van der Waals surface area contributed by atoms with Gasteiger partial charge in [-0.1, -0.05) is 19.3 Å². The highest BCUT2D eigenvalue weighted by Crippen LogP contribution is 2.22. The van der Waals surface area contributed by atoms with E-state index in [1.807, 2.05) is 0 Å². The van der Waals surface area contributed by atoms with E-state index in [0.717, 1.165) is 48.4 Å². The fraction of sp³-hybridized carbons (Fsp3) is 0.562. The van der Waals surface area contributed by atoms with Crippen molar-refractivity contribution in [3.63, 3.8) is 0 Å². The van der Waals surface area contributed by atoms with E-state index in [1.54, 1.807) is 0 Å². The number of sulfonamides is 1. The molecule has 6 nitrogen and oxygen atoms in total. The summed E-state index contributed by atoms with van der Waals surface area (Å²) in [6.07, 6.45) is 6.13. The SMILES string of the molecule is CS(=O)(=O)N(CCNC(=O)NC1CCCCC1)c1ccc(F)cc1F. The van der Waals surface area contributed by atoms with Crippen LogP contribution in [0.2, 0.25) is 0 Å². The topological polar surface area (TPSA) is 78.5 Å². The lowest BCUT2D eigenvalue weighted by Gasteiger charge is -2.25. The van der Waals surface area contributed by atoms with Crippen LogP contribution >= 0.6 is 0 Å². The van der Waals surface area contributed by atoms with E-state index < -0.39 is 21.7 Å². The second-order valence-corrected chi connectivity index (χ2v) is 8.07. The van der Waals surface area contributed by atoms with Crippen molar-refractivity contribution in [2.45, 2.75) is 38.1 Å². The van der Waals surface area contributed by atoms with E-state index in [1.165, 1.54) is 6.42 Å². The van der Waals surface area contributed by atoms with E-state index in [2.05, 4.69) is 10.6 Å². The molecule has 0 bridgehead atoms. The summed E-state index contributed by atoms with van der Waals surface area (Å²) in [6, 6.07) is 2.43. The summed E-state index contributed by atoms with van der Waals surface area (Å²) in [5, 5.41) is 5.43. The number of rotatable bonds is 6. The van der Waals surface area contributed by atoms with Crippen molar-refractivity contribution in [1.29, 1.82) is 0 Å². The number of urea groups is 1. The molecule has 0 radical (unpaired) electrons. The third kappa shape index (κ3) is 5.84. The number of hydrogen-bond acceptors (Lipinski definition) is 3. The van der Waals surface area contributed by atoms with Crippen molar-refractivity contribution < 1.29 is 22.0 Å². The van der Waals surface area contributed by atoms with Gasteiger partial charge in [-0.3, -0.25) is 4.31 Å². The molecule has 2 rings (SSSR count). The smallest absolute Gasteiger partial charge is 0.315 e. The number of hydrogen-bond donors (Lipinski definition) is 2. The van der Waals surface area contributed by atoms with E-state index in [4.69, 9.17) is 0 Å². The molecule has 1 aromatic rings. The predicted octanol–water partition coefficient (Wildman–Crippen LogP) is 2.36. The zero-order chi connectivity index (χ0) is 18.4. The molecule has 0 aromatic heterocycles. The summed E-state index contributed by atoms with van der Waals surface area (Å²) >= 11 is 0. The standard InChI is InChI=1S/C16H23F2N3O3S/c1-25(23,24)21(15-8-7-12(17)11-14(15)18)10-9-19-16(22)20-13-5-3-2-4-6-13/h7-8,11,13H,2-6,9-10H2,1H3,(H2,19,20,22). The molecule has 0 unspecified atom stereocenters. The van der Waals surface area contributed by atoms with Crippen LogP contribution in [0.5, 0.6) is 0 Å². The number of amides is 2. The number of nitrogens with one attached hydrogen (secondary N) is 2. The van der Waals surface area contributed by atoms with Crippen LogP contribution in [0.1, 0.15) is 32.1 Å². The molecule has 1 saturated carbocycles. The fourth-order valence-electron chi connectivity index (χ4n) is 2.90. The first kappa shape index (κ1) is 19.4. The Hall–Kier alpha value is -1.90. The molecule has 1 fully saturated rings. The van der Waals surface area contributed by atoms with Crippen LogP contribution < -0.4 is 14.9 Å². The number of halogens is 2. The zero-order valence-corrected chi connectivity index (χ0v) is 14.9. The molecule has 9 heteroatoms. The van der Waals surface area contributed by atoms with Crippen LogP contribution in [-0.2, 0) is 10.0 Å². The van der Waals surface area contributed by atoms with Crippen molar-refractivity contribution in [3.05, 3.63) is 29.8 Å². The van der Waals surface area contributed by atoms with Gasteiger partial charge < -0.3 is 10.6 Å². The van der Waals surface area contributed by atoms with Gasteiger partial charge >= 0.3 is 6.03 Å². The van der Waals surface area contributed by atoms with Crippen LogP contribution in [0, 0.1) is 11.6 Å². The summed E-state index contributed by atoms with van der Waals surface area (Å²) in [5.41, 5.74) is -0.251. The normalized spacial score (nSPS) is 15.6. The average Bonchev–Trinajstić information content (AvgIpc) is 2.52. The van der Waals surface area contributed by atoms with Gasteiger partial charge in [0.25, 0.3) is 0 Å². The monoisotopic (exact) mass is 375 g/mol. The average molecular weight is 375 g/mol.